The molecular weight excluding hydrogens is 538 g/mol. The summed E-state index contributed by atoms with van der Waals surface area (Å²) in [4.78, 5) is 36.1. The molecule has 2 N–H and O–H groups in total. The van der Waals surface area contributed by atoms with Crippen LogP contribution in [0.2, 0.25) is 5.15 Å². The van der Waals surface area contributed by atoms with Crippen LogP contribution in [0.15, 0.2) is 23.0 Å². The average molecular weight is 582 g/mol. The lowest BCUT2D eigenvalue weighted by atomic mass is 9.88. The molecule has 0 unspecified atom stereocenters. The minimum absolute atomic E-state index is 0.0427. The van der Waals surface area contributed by atoms with Crippen LogP contribution in [0.3, 0.4) is 0 Å². The zero-order valence-corrected chi connectivity index (χ0v) is 25.9. The van der Waals surface area contributed by atoms with E-state index < -0.39 is 0 Å². The number of morpholine rings is 1. The van der Waals surface area contributed by atoms with Crippen LogP contribution >= 0.6 is 11.6 Å². The molecule has 2 aliphatic rings. The van der Waals surface area contributed by atoms with Crippen LogP contribution in [0.1, 0.15) is 65.3 Å². The Bertz CT molecular complexity index is 1330. The Kier molecular flexibility index (Phi) is 10.9. The normalized spacial score (nSPS) is 19.5. The number of nitrogens with one attached hydrogen (secondary N) is 2. The van der Waals surface area contributed by atoms with Crippen LogP contribution in [0.5, 0.6) is 0 Å². The number of hydrogen-bond donors (Lipinski definition) is 2. The van der Waals surface area contributed by atoms with Crippen LogP contribution in [-0.2, 0) is 11.3 Å². The minimum atomic E-state index is -0.246. The largest absolute Gasteiger partial charge is 0.379 e. The van der Waals surface area contributed by atoms with Crippen molar-refractivity contribution in [3.63, 3.8) is 0 Å². The Morgan fingerprint density at radius 1 is 1.12 bits per heavy atom. The van der Waals surface area contributed by atoms with Crippen molar-refractivity contribution in [2.24, 2.45) is 0 Å². The Hall–Kier alpha value is -2.83. The molecule has 1 saturated heterocycles. The molecule has 1 aliphatic carbocycles. The molecule has 1 aromatic carbocycles. The summed E-state index contributed by atoms with van der Waals surface area (Å²) in [6.45, 7) is 10.7. The van der Waals surface area contributed by atoms with Gasteiger partial charge < -0.3 is 24.8 Å². The summed E-state index contributed by atoms with van der Waals surface area (Å²) in [6.07, 6.45) is 4.54. The number of amides is 1. The van der Waals surface area contributed by atoms with E-state index in [1.54, 1.807) is 6.92 Å². The van der Waals surface area contributed by atoms with Gasteiger partial charge in [-0.05, 0) is 78.2 Å². The monoisotopic (exact) mass is 581 g/mol. The number of nitrogens with zero attached hydrogens (tertiary/aromatic N) is 3. The molecule has 0 bridgehead atoms. The molecule has 9 heteroatoms. The molecule has 1 amide bonds. The fourth-order valence-corrected chi connectivity index (χ4v) is 6.24. The first kappa shape index (κ1) is 31.1. The molecule has 1 aromatic heterocycles. The number of pyridine rings is 1. The van der Waals surface area contributed by atoms with Crippen LogP contribution in [0.25, 0.3) is 0 Å². The first-order chi connectivity index (χ1) is 19.7. The summed E-state index contributed by atoms with van der Waals surface area (Å²) in [5, 5.41) is 3.19. The number of aromatic amines is 1. The van der Waals surface area contributed by atoms with Gasteiger partial charge in [-0.1, -0.05) is 23.4 Å². The van der Waals surface area contributed by atoms with E-state index in [0.29, 0.717) is 35.4 Å². The predicted octanol–water partition coefficient (Wildman–Crippen LogP) is 3.96. The van der Waals surface area contributed by atoms with Gasteiger partial charge in [0.1, 0.15) is 5.15 Å². The number of anilines is 1. The lowest BCUT2D eigenvalue weighted by Gasteiger charge is -2.40. The molecule has 1 aliphatic heterocycles. The summed E-state index contributed by atoms with van der Waals surface area (Å²) in [5.41, 5.74) is 4.18. The first-order valence-corrected chi connectivity index (χ1v) is 15.1. The zero-order chi connectivity index (χ0) is 29.5. The fourth-order valence-electron chi connectivity index (χ4n) is 5.93. The topological polar surface area (TPSA) is 80.9 Å². The van der Waals surface area contributed by atoms with Crippen LogP contribution in [0, 0.1) is 25.7 Å². The van der Waals surface area contributed by atoms with Gasteiger partial charge in [-0.3, -0.25) is 14.5 Å². The number of aromatic nitrogens is 1. The Morgan fingerprint density at radius 2 is 1.80 bits per heavy atom. The van der Waals surface area contributed by atoms with E-state index in [1.165, 1.54) is 6.07 Å². The van der Waals surface area contributed by atoms with Crippen molar-refractivity contribution >= 4 is 23.2 Å². The lowest BCUT2D eigenvalue weighted by molar-refractivity contribution is 0.0443. The third kappa shape index (κ3) is 7.92. The predicted molar refractivity (Wildman–Crippen MR) is 166 cm³/mol. The highest BCUT2D eigenvalue weighted by atomic mass is 35.5. The smallest absolute Gasteiger partial charge is 0.251 e. The quantitative estimate of drug-likeness (QED) is 0.363. The van der Waals surface area contributed by atoms with E-state index in [9.17, 15) is 9.59 Å². The molecule has 2 fully saturated rings. The van der Waals surface area contributed by atoms with Crippen molar-refractivity contribution in [2.75, 3.05) is 58.4 Å². The van der Waals surface area contributed by atoms with Gasteiger partial charge in [0.25, 0.3) is 5.91 Å². The van der Waals surface area contributed by atoms with Crippen molar-refractivity contribution in [3.8, 4) is 11.8 Å². The maximum atomic E-state index is 13.6. The number of halogens is 1. The SMILES string of the molecule is CCN(c1cc(C#CCN2CCOCC2)cc(C(=O)NCc2c(Cl)[nH]c(C)cc2=O)c1C)[C@H]1CC[C@H](N(C)C)CC1. The van der Waals surface area contributed by atoms with Gasteiger partial charge in [0.05, 0.1) is 25.3 Å². The number of rotatable bonds is 8. The molecule has 222 valence electrons. The second-order valence-electron chi connectivity index (χ2n) is 11.4. The summed E-state index contributed by atoms with van der Waals surface area (Å²) in [7, 11) is 4.32. The summed E-state index contributed by atoms with van der Waals surface area (Å²) >= 11 is 6.30. The molecule has 0 spiro atoms. The second kappa shape index (κ2) is 14.4. The summed E-state index contributed by atoms with van der Waals surface area (Å²) in [6, 6.07) is 6.53. The van der Waals surface area contributed by atoms with Crippen molar-refractivity contribution in [1.82, 2.24) is 20.1 Å². The van der Waals surface area contributed by atoms with Crippen LogP contribution < -0.4 is 15.6 Å². The lowest BCUT2D eigenvalue weighted by Crippen LogP contribution is -2.42. The summed E-state index contributed by atoms with van der Waals surface area (Å²) in [5.74, 6) is 6.41. The molecule has 2 aromatic rings. The molecule has 2 heterocycles. The van der Waals surface area contributed by atoms with E-state index in [4.69, 9.17) is 16.3 Å². The number of hydrogen-bond acceptors (Lipinski definition) is 6. The fraction of sp³-hybridized carbons (Fsp3) is 0.562. The number of ether oxygens (including phenoxy) is 1. The Balaban J connectivity index is 1.62. The van der Waals surface area contributed by atoms with Gasteiger partial charge in [-0.2, -0.15) is 0 Å². The van der Waals surface area contributed by atoms with Crippen molar-refractivity contribution in [1.29, 1.82) is 0 Å². The molecule has 1 saturated carbocycles. The number of benzene rings is 1. The first-order valence-electron chi connectivity index (χ1n) is 14.7. The maximum absolute atomic E-state index is 13.6. The van der Waals surface area contributed by atoms with Crippen LogP contribution in [0.4, 0.5) is 5.69 Å². The highest BCUT2D eigenvalue weighted by Crippen LogP contribution is 2.33. The van der Waals surface area contributed by atoms with E-state index in [0.717, 1.165) is 75.3 Å². The maximum Gasteiger partial charge on any atom is 0.251 e. The minimum Gasteiger partial charge on any atom is -0.379 e. The standard InChI is InChI=1S/C32H44ClN5O3/c1-6-38(26-11-9-25(10-12-26)36(4)5)29-20-24(8-7-13-37-14-16-41-17-15-37)19-27(23(29)3)32(40)34-21-28-30(39)18-22(2)35-31(28)33/h18-20,25-26H,6,9-17,21H2,1-5H3,(H,34,40)(H,35,39)/t25-,26-. The molecule has 4 rings (SSSR count). The third-order valence-electron chi connectivity index (χ3n) is 8.39. The molecule has 0 radical (unpaired) electrons. The van der Waals surface area contributed by atoms with E-state index in [-0.39, 0.29) is 23.0 Å². The van der Waals surface area contributed by atoms with E-state index >= 15 is 0 Å². The number of aryl methyl sites for hydroxylation is 1. The molecule has 0 atom stereocenters. The van der Waals surface area contributed by atoms with Crippen molar-refractivity contribution in [3.05, 3.63) is 61.5 Å². The van der Waals surface area contributed by atoms with Gasteiger partial charge in [-0.25, -0.2) is 0 Å². The zero-order valence-electron chi connectivity index (χ0n) is 25.1. The van der Waals surface area contributed by atoms with Gasteiger partial charge in [-0.15, -0.1) is 0 Å². The van der Waals surface area contributed by atoms with Gasteiger partial charge in [0.2, 0.25) is 0 Å². The molecular formula is C32H44ClN5O3. The highest BCUT2D eigenvalue weighted by Gasteiger charge is 2.28. The summed E-state index contributed by atoms with van der Waals surface area (Å²) < 4.78 is 5.45. The third-order valence-corrected chi connectivity index (χ3v) is 8.72. The Labute approximate surface area is 249 Å². The number of H-pyrrole nitrogens is 1. The van der Waals surface area contributed by atoms with E-state index in [2.05, 4.69) is 63.9 Å². The Morgan fingerprint density at radius 3 is 2.44 bits per heavy atom. The van der Waals surface area contributed by atoms with Gasteiger partial charge >= 0.3 is 0 Å². The average Bonchev–Trinajstić information content (AvgIpc) is 2.95. The van der Waals surface area contributed by atoms with Gasteiger partial charge in [0, 0.05) is 66.8 Å². The second-order valence-corrected chi connectivity index (χ2v) is 11.7. The molecule has 8 nitrogen and oxygen atoms in total. The van der Waals surface area contributed by atoms with Gasteiger partial charge in [0.15, 0.2) is 5.43 Å². The highest BCUT2D eigenvalue weighted by molar-refractivity contribution is 6.30. The van der Waals surface area contributed by atoms with Crippen molar-refractivity contribution < 1.29 is 9.53 Å². The van der Waals surface area contributed by atoms with Crippen LogP contribution in [-0.4, -0.2) is 86.3 Å². The van der Waals surface area contributed by atoms with E-state index in [1.807, 2.05) is 13.0 Å². The number of carbonyl (C=O) groups is 1. The number of carbonyl (C=O) groups excluding carboxylic acids is 1. The van der Waals surface area contributed by atoms with Crippen molar-refractivity contribution in [2.45, 2.75) is 65.1 Å². The molecule has 41 heavy (non-hydrogen) atoms.